The van der Waals surface area contributed by atoms with Crippen LogP contribution in [0.2, 0.25) is 0 Å². The lowest BCUT2D eigenvalue weighted by Gasteiger charge is -1.98. The number of aryl methyl sites for hydroxylation is 1. The number of aromatic nitrogens is 3. The molecule has 0 atom stereocenters. The first kappa shape index (κ1) is 7.93. The number of nitrogens with one attached hydrogen (secondary N) is 1. The molecule has 1 aromatic rings. The Morgan fingerprint density at radius 3 is 3.00 bits per heavy atom. The van der Waals surface area contributed by atoms with Crippen molar-refractivity contribution >= 4 is 12.2 Å². The van der Waals surface area contributed by atoms with Crippen molar-refractivity contribution in [3.63, 3.8) is 0 Å². The molecule has 6 heteroatoms. The SMILES string of the molecule is [CH2]Oc1nn(C)c(=S)[nH]c1=O. The zero-order chi connectivity index (χ0) is 8.43. The van der Waals surface area contributed by atoms with Gasteiger partial charge in [0.05, 0.1) is 0 Å². The molecule has 1 aromatic heterocycles. The first-order chi connectivity index (χ1) is 5.15. The van der Waals surface area contributed by atoms with E-state index in [1.807, 2.05) is 0 Å². The Labute approximate surface area is 67.6 Å². The van der Waals surface area contributed by atoms with Crippen LogP contribution in [-0.4, -0.2) is 14.8 Å². The van der Waals surface area contributed by atoms with Crippen LogP contribution in [0.5, 0.6) is 5.88 Å². The Balaban J connectivity index is 3.45. The molecular formula is C5H6N3O2S. The van der Waals surface area contributed by atoms with Crippen LogP contribution in [0.15, 0.2) is 4.79 Å². The van der Waals surface area contributed by atoms with Crippen molar-refractivity contribution in [2.75, 3.05) is 0 Å². The van der Waals surface area contributed by atoms with Gasteiger partial charge < -0.3 is 4.74 Å². The summed E-state index contributed by atoms with van der Waals surface area (Å²) in [5.41, 5.74) is -0.469. The molecule has 0 saturated heterocycles. The highest BCUT2D eigenvalue weighted by atomic mass is 32.1. The third-order valence-electron chi connectivity index (χ3n) is 1.09. The molecule has 0 bridgehead atoms. The molecule has 0 spiro atoms. The van der Waals surface area contributed by atoms with Crippen molar-refractivity contribution in [1.29, 1.82) is 0 Å². The Bertz CT molecular complexity index is 367. The zero-order valence-electron chi connectivity index (χ0n) is 5.83. The third-order valence-corrected chi connectivity index (χ3v) is 1.45. The molecule has 0 unspecified atom stereocenters. The Kier molecular flexibility index (Phi) is 2.04. The number of rotatable bonds is 1. The number of H-pyrrole nitrogens is 1. The number of hydrogen-bond acceptors (Lipinski definition) is 4. The smallest absolute Gasteiger partial charge is 0.314 e. The summed E-state index contributed by atoms with van der Waals surface area (Å²) in [7, 11) is 4.66. The third kappa shape index (κ3) is 1.45. The second-order valence-corrected chi connectivity index (χ2v) is 2.22. The summed E-state index contributed by atoms with van der Waals surface area (Å²) in [6.07, 6.45) is 0. The van der Waals surface area contributed by atoms with Crippen LogP contribution < -0.4 is 10.3 Å². The van der Waals surface area contributed by atoms with Crippen molar-refractivity contribution in [2.45, 2.75) is 0 Å². The number of aromatic amines is 1. The van der Waals surface area contributed by atoms with Crippen molar-refractivity contribution < 1.29 is 4.74 Å². The van der Waals surface area contributed by atoms with Crippen molar-refractivity contribution in [3.8, 4) is 5.88 Å². The van der Waals surface area contributed by atoms with Crippen molar-refractivity contribution in [3.05, 3.63) is 22.2 Å². The summed E-state index contributed by atoms with van der Waals surface area (Å²) < 4.78 is 5.97. The Hall–Kier alpha value is -1.17. The molecule has 0 saturated carbocycles. The monoisotopic (exact) mass is 172 g/mol. The molecule has 1 radical (unpaired) electrons. The lowest BCUT2D eigenvalue weighted by molar-refractivity contribution is 0.420. The molecule has 0 amide bonds. The lowest BCUT2D eigenvalue weighted by atomic mass is 10.8. The van der Waals surface area contributed by atoms with Crippen LogP contribution in [0, 0.1) is 11.9 Å². The molecule has 59 valence electrons. The second-order valence-electron chi connectivity index (χ2n) is 1.83. The van der Waals surface area contributed by atoms with Crippen LogP contribution in [0.1, 0.15) is 0 Å². The van der Waals surface area contributed by atoms with Gasteiger partial charge in [0.2, 0.25) is 0 Å². The van der Waals surface area contributed by atoms with E-state index in [-0.39, 0.29) is 10.7 Å². The molecule has 5 nitrogen and oxygen atoms in total. The minimum atomic E-state index is -0.469. The van der Waals surface area contributed by atoms with Gasteiger partial charge in [0, 0.05) is 7.05 Å². The number of nitrogens with zero attached hydrogens (tertiary/aromatic N) is 2. The molecule has 0 fully saturated rings. The largest absolute Gasteiger partial charge is 0.469 e. The van der Waals surface area contributed by atoms with Gasteiger partial charge in [0.1, 0.15) is 7.11 Å². The normalized spacial score (nSPS) is 9.64. The van der Waals surface area contributed by atoms with Gasteiger partial charge in [0.25, 0.3) is 5.88 Å². The van der Waals surface area contributed by atoms with Gasteiger partial charge in [0.15, 0.2) is 4.77 Å². The Morgan fingerprint density at radius 2 is 2.45 bits per heavy atom. The van der Waals surface area contributed by atoms with Gasteiger partial charge in [-0.1, -0.05) is 0 Å². The van der Waals surface area contributed by atoms with Gasteiger partial charge in [-0.2, -0.15) is 0 Å². The van der Waals surface area contributed by atoms with Crippen molar-refractivity contribution in [2.24, 2.45) is 7.05 Å². The van der Waals surface area contributed by atoms with E-state index in [0.29, 0.717) is 0 Å². The summed E-state index contributed by atoms with van der Waals surface area (Å²) in [5, 5.41) is 3.67. The highest BCUT2D eigenvalue weighted by molar-refractivity contribution is 7.71. The number of hydrogen-bond donors (Lipinski definition) is 1. The standard InChI is InChI=1S/C5H6N3O2S/c1-8-5(11)6-3(9)4(7-8)10-2/h2H2,1H3,(H,6,9,11). The molecule has 1 rings (SSSR count). The fourth-order valence-corrected chi connectivity index (χ4v) is 0.686. The van der Waals surface area contributed by atoms with E-state index in [4.69, 9.17) is 12.2 Å². The maximum absolute atomic E-state index is 10.9. The summed E-state index contributed by atoms with van der Waals surface area (Å²) in [5.74, 6) is -0.0962. The molecule has 1 N–H and O–H groups in total. The maximum Gasteiger partial charge on any atom is 0.314 e. The van der Waals surface area contributed by atoms with Crippen LogP contribution in [-0.2, 0) is 7.05 Å². The van der Waals surface area contributed by atoms with E-state index < -0.39 is 5.56 Å². The first-order valence-corrected chi connectivity index (χ1v) is 3.15. The van der Waals surface area contributed by atoms with Gasteiger partial charge in [-0.3, -0.25) is 9.78 Å². The topological polar surface area (TPSA) is 59.9 Å². The molecule has 0 aliphatic rings. The van der Waals surface area contributed by atoms with E-state index in [0.717, 1.165) is 0 Å². The summed E-state index contributed by atoms with van der Waals surface area (Å²) in [6, 6.07) is 0. The van der Waals surface area contributed by atoms with Crippen LogP contribution >= 0.6 is 12.2 Å². The minimum Gasteiger partial charge on any atom is -0.469 e. The molecule has 0 aliphatic carbocycles. The van der Waals surface area contributed by atoms with Gasteiger partial charge in [-0.05, 0) is 12.2 Å². The molecule has 0 aromatic carbocycles. The van der Waals surface area contributed by atoms with E-state index in [9.17, 15) is 4.79 Å². The van der Waals surface area contributed by atoms with Crippen LogP contribution in [0.25, 0.3) is 0 Å². The fourth-order valence-electron chi connectivity index (χ4n) is 0.553. The van der Waals surface area contributed by atoms with E-state index in [2.05, 4.69) is 21.9 Å². The van der Waals surface area contributed by atoms with Crippen LogP contribution in [0.3, 0.4) is 0 Å². The van der Waals surface area contributed by atoms with Gasteiger partial charge in [-0.25, -0.2) is 4.68 Å². The van der Waals surface area contributed by atoms with E-state index in [1.54, 1.807) is 7.05 Å². The van der Waals surface area contributed by atoms with Crippen LogP contribution in [0.4, 0.5) is 0 Å². The predicted molar refractivity (Wildman–Crippen MR) is 40.6 cm³/mol. The fraction of sp³-hybridized carbons (Fsp3) is 0.200. The van der Waals surface area contributed by atoms with Gasteiger partial charge in [-0.15, -0.1) is 5.10 Å². The lowest BCUT2D eigenvalue weighted by Crippen LogP contribution is -2.16. The van der Waals surface area contributed by atoms with Gasteiger partial charge >= 0.3 is 5.56 Å². The first-order valence-electron chi connectivity index (χ1n) is 2.75. The average molecular weight is 172 g/mol. The molecule has 11 heavy (non-hydrogen) atoms. The summed E-state index contributed by atoms with van der Waals surface area (Å²) in [6.45, 7) is 0. The predicted octanol–water partition coefficient (Wildman–Crippen LogP) is 0.00828. The summed E-state index contributed by atoms with van der Waals surface area (Å²) in [4.78, 5) is 13.2. The quantitative estimate of drug-likeness (QED) is 0.606. The molecule has 0 aliphatic heterocycles. The number of ether oxygens (including phenoxy) is 1. The summed E-state index contributed by atoms with van der Waals surface area (Å²) >= 11 is 4.72. The van der Waals surface area contributed by atoms with E-state index >= 15 is 0 Å². The van der Waals surface area contributed by atoms with Crippen molar-refractivity contribution in [1.82, 2.24) is 14.8 Å². The highest BCUT2D eigenvalue weighted by Crippen LogP contribution is 1.91. The molecular weight excluding hydrogens is 166 g/mol. The Morgan fingerprint density at radius 1 is 1.82 bits per heavy atom. The average Bonchev–Trinajstić information content (AvgIpc) is 1.97. The zero-order valence-corrected chi connectivity index (χ0v) is 6.64. The highest BCUT2D eigenvalue weighted by Gasteiger charge is 2.00. The van der Waals surface area contributed by atoms with E-state index in [1.165, 1.54) is 4.68 Å². The minimum absolute atomic E-state index is 0.0962. The maximum atomic E-state index is 10.9. The molecule has 1 heterocycles. The second kappa shape index (κ2) is 2.83.